The fourth-order valence-electron chi connectivity index (χ4n) is 1.23. The van der Waals surface area contributed by atoms with E-state index in [4.69, 9.17) is 5.73 Å². The molecule has 1 aliphatic carbocycles. The molecule has 0 aliphatic heterocycles. The van der Waals surface area contributed by atoms with Crippen molar-refractivity contribution >= 4 is 11.9 Å². The molecule has 1 aromatic rings. The molecule has 1 aromatic heterocycles. The lowest BCUT2D eigenvalue weighted by Gasteiger charge is -2.14. The lowest BCUT2D eigenvalue weighted by molar-refractivity contribution is 0.857. The summed E-state index contributed by atoms with van der Waals surface area (Å²) < 4.78 is 0. The largest absolute Gasteiger partial charge is 0.368 e. The molecule has 5 heteroatoms. The molecule has 1 aliphatic rings. The van der Waals surface area contributed by atoms with Crippen molar-refractivity contribution in [1.29, 1.82) is 0 Å². The third-order valence-electron chi connectivity index (χ3n) is 1.89. The van der Waals surface area contributed by atoms with Gasteiger partial charge in [0.05, 0.1) is 6.04 Å². The van der Waals surface area contributed by atoms with Crippen LogP contribution < -0.4 is 11.1 Å². The number of nitrogens with one attached hydrogen (secondary N) is 1. The Morgan fingerprint density at radius 3 is 3.00 bits per heavy atom. The maximum absolute atomic E-state index is 5.43. The second kappa shape index (κ2) is 3.87. The normalized spacial score (nSPS) is 19.6. The number of allylic oxidation sites excluding steroid dienone is 2. The van der Waals surface area contributed by atoms with Gasteiger partial charge in [-0.3, -0.25) is 0 Å². The quantitative estimate of drug-likeness (QED) is 0.717. The number of nitrogen functional groups attached to an aromatic ring is 1. The Labute approximate surface area is 81.8 Å². The van der Waals surface area contributed by atoms with Crippen molar-refractivity contribution in [2.24, 2.45) is 0 Å². The molecule has 14 heavy (non-hydrogen) atoms. The second-order valence-electron chi connectivity index (χ2n) is 2.97. The van der Waals surface area contributed by atoms with E-state index in [9.17, 15) is 0 Å². The van der Waals surface area contributed by atoms with E-state index in [0.29, 0.717) is 5.95 Å². The van der Waals surface area contributed by atoms with Gasteiger partial charge in [0, 0.05) is 0 Å². The van der Waals surface area contributed by atoms with Crippen molar-refractivity contribution in [2.45, 2.75) is 12.5 Å². The van der Waals surface area contributed by atoms with Gasteiger partial charge in [0.15, 0.2) is 0 Å². The number of anilines is 2. The molecule has 0 saturated carbocycles. The Kier molecular flexibility index (Phi) is 2.40. The summed E-state index contributed by atoms with van der Waals surface area (Å²) in [6.45, 7) is 0. The third kappa shape index (κ3) is 2.07. The summed E-state index contributed by atoms with van der Waals surface area (Å²) >= 11 is 0. The first-order chi connectivity index (χ1) is 6.84. The summed E-state index contributed by atoms with van der Waals surface area (Å²) in [4.78, 5) is 11.6. The van der Waals surface area contributed by atoms with Crippen LogP contribution >= 0.6 is 0 Å². The highest BCUT2D eigenvalue weighted by Crippen LogP contribution is 2.08. The Morgan fingerprint density at radius 1 is 1.36 bits per heavy atom. The predicted molar refractivity (Wildman–Crippen MR) is 54.5 cm³/mol. The first-order valence-electron chi connectivity index (χ1n) is 4.39. The van der Waals surface area contributed by atoms with Crippen LogP contribution in [0.2, 0.25) is 0 Å². The van der Waals surface area contributed by atoms with E-state index in [0.717, 1.165) is 6.42 Å². The van der Waals surface area contributed by atoms with Gasteiger partial charge in [-0.1, -0.05) is 24.3 Å². The van der Waals surface area contributed by atoms with Crippen LogP contribution in [0.1, 0.15) is 6.42 Å². The smallest absolute Gasteiger partial charge is 0.227 e. The molecule has 2 rings (SSSR count). The van der Waals surface area contributed by atoms with Crippen LogP contribution in [0.25, 0.3) is 0 Å². The minimum atomic E-state index is 0.234. The summed E-state index contributed by atoms with van der Waals surface area (Å²) in [5, 5.41) is 3.14. The molecule has 0 radical (unpaired) electrons. The zero-order valence-electron chi connectivity index (χ0n) is 7.59. The standard InChI is InChI=1S/C9H11N5/c10-8-11-6-12-9(14-8)13-7-4-2-1-3-5-7/h1-4,6-7H,5H2,(H3,10,11,12,13,14). The maximum atomic E-state index is 5.43. The minimum Gasteiger partial charge on any atom is -0.368 e. The Hall–Kier alpha value is -1.91. The predicted octanol–water partition coefficient (Wildman–Crippen LogP) is 0.750. The average molecular weight is 189 g/mol. The third-order valence-corrected chi connectivity index (χ3v) is 1.89. The van der Waals surface area contributed by atoms with Gasteiger partial charge >= 0.3 is 0 Å². The molecule has 0 amide bonds. The molecule has 1 heterocycles. The Balaban J connectivity index is 2.04. The lowest BCUT2D eigenvalue weighted by Crippen LogP contribution is -2.19. The molecular formula is C9H11N5. The SMILES string of the molecule is Nc1ncnc(NC2C=CC=CC2)n1. The molecule has 5 nitrogen and oxygen atoms in total. The van der Waals surface area contributed by atoms with Gasteiger partial charge in [-0.15, -0.1) is 0 Å². The van der Waals surface area contributed by atoms with E-state index in [1.807, 2.05) is 12.2 Å². The van der Waals surface area contributed by atoms with Crippen molar-refractivity contribution < 1.29 is 0 Å². The monoisotopic (exact) mass is 189 g/mol. The highest BCUT2D eigenvalue weighted by molar-refractivity contribution is 5.33. The highest BCUT2D eigenvalue weighted by atomic mass is 15.2. The summed E-state index contributed by atoms with van der Waals surface area (Å²) in [5.74, 6) is 0.750. The van der Waals surface area contributed by atoms with E-state index in [1.165, 1.54) is 6.33 Å². The van der Waals surface area contributed by atoms with Gasteiger partial charge in [-0.25, -0.2) is 9.97 Å². The molecule has 1 atom stereocenters. The highest BCUT2D eigenvalue weighted by Gasteiger charge is 2.06. The van der Waals surface area contributed by atoms with Crippen LogP contribution in [0.5, 0.6) is 0 Å². The van der Waals surface area contributed by atoms with Crippen LogP contribution in [0.3, 0.4) is 0 Å². The minimum absolute atomic E-state index is 0.234. The summed E-state index contributed by atoms with van der Waals surface area (Å²) in [7, 11) is 0. The van der Waals surface area contributed by atoms with E-state index < -0.39 is 0 Å². The van der Waals surface area contributed by atoms with Gasteiger partial charge in [0.1, 0.15) is 6.33 Å². The number of nitrogens with two attached hydrogens (primary N) is 1. The molecule has 3 N–H and O–H groups in total. The van der Waals surface area contributed by atoms with E-state index in [2.05, 4.69) is 32.4 Å². The molecule has 0 fully saturated rings. The van der Waals surface area contributed by atoms with Gasteiger partial charge in [-0.2, -0.15) is 4.98 Å². The van der Waals surface area contributed by atoms with Crippen molar-refractivity contribution in [1.82, 2.24) is 15.0 Å². The first kappa shape index (κ1) is 8.68. The van der Waals surface area contributed by atoms with Crippen LogP contribution in [-0.2, 0) is 0 Å². The summed E-state index contributed by atoms with van der Waals surface area (Å²) in [6, 6.07) is 0.238. The van der Waals surface area contributed by atoms with Crippen LogP contribution in [0, 0.1) is 0 Å². The molecular weight excluding hydrogens is 178 g/mol. The van der Waals surface area contributed by atoms with Crippen LogP contribution in [0.4, 0.5) is 11.9 Å². The number of hydrogen-bond donors (Lipinski definition) is 2. The molecule has 0 aromatic carbocycles. The van der Waals surface area contributed by atoms with Crippen molar-refractivity contribution in [3.63, 3.8) is 0 Å². The van der Waals surface area contributed by atoms with Crippen LogP contribution in [0.15, 0.2) is 30.6 Å². The zero-order chi connectivity index (χ0) is 9.80. The maximum Gasteiger partial charge on any atom is 0.227 e. The van der Waals surface area contributed by atoms with E-state index in [1.54, 1.807) is 0 Å². The number of aromatic nitrogens is 3. The Bertz CT molecular complexity index is 371. The van der Waals surface area contributed by atoms with Crippen molar-refractivity contribution in [2.75, 3.05) is 11.1 Å². The zero-order valence-corrected chi connectivity index (χ0v) is 7.59. The van der Waals surface area contributed by atoms with Crippen molar-refractivity contribution in [3.8, 4) is 0 Å². The molecule has 0 spiro atoms. The van der Waals surface area contributed by atoms with Crippen LogP contribution in [-0.4, -0.2) is 21.0 Å². The molecule has 0 bridgehead atoms. The fourth-order valence-corrected chi connectivity index (χ4v) is 1.23. The molecule has 0 saturated heterocycles. The summed E-state index contributed by atoms with van der Waals surface area (Å²) in [6.07, 6.45) is 10.5. The van der Waals surface area contributed by atoms with Gasteiger partial charge < -0.3 is 11.1 Å². The topological polar surface area (TPSA) is 76.7 Å². The van der Waals surface area contributed by atoms with Crippen molar-refractivity contribution in [3.05, 3.63) is 30.6 Å². The average Bonchev–Trinajstić information content (AvgIpc) is 2.19. The first-order valence-corrected chi connectivity index (χ1v) is 4.39. The van der Waals surface area contributed by atoms with Gasteiger partial charge in [0.25, 0.3) is 0 Å². The number of hydrogen-bond acceptors (Lipinski definition) is 5. The second-order valence-corrected chi connectivity index (χ2v) is 2.97. The van der Waals surface area contributed by atoms with E-state index >= 15 is 0 Å². The fraction of sp³-hybridized carbons (Fsp3) is 0.222. The lowest BCUT2D eigenvalue weighted by atomic mass is 10.1. The number of nitrogens with zero attached hydrogens (tertiary/aromatic N) is 3. The molecule has 72 valence electrons. The Morgan fingerprint density at radius 2 is 2.29 bits per heavy atom. The van der Waals surface area contributed by atoms with E-state index in [-0.39, 0.29) is 12.0 Å². The summed E-state index contributed by atoms with van der Waals surface area (Å²) in [5.41, 5.74) is 5.43. The van der Waals surface area contributed by atoms with Gasteiger partial charge in [0.2, 0.25) is 11.9 Å². The number of rotatable bonds is 2. The molecule has 1 unspecified atom stereocenters. The van der Waals surface area contributed by atoms with Gasteiger partial charge in [-0.05, 0) is 6.42 Å².